The van der Waals surface area contributed by atoms with Crippen molar-refractivity contribution in [3.8, 4) is 10.6 Å². The van der Waals surface area contributed by atoms with Crippen LogP contribution in [0.2, 0.25) is 4.34 Å². The number of rotatable bonds is 2. The second-order valence-electron chi connectivity index (χ2n) is 3.72. The molecule has 0 radical (unpaired) electrons. The Morgan fingerprint density at radius 3 is 2.78 bits per heavy atom. The lowest BCUT2D eigenvalue weighted by Gasteiger charge is -1.95. The van der Waals surface area contributed by atoms with Gasteiger partial charge >= 0.3 is 5.97 Å². The van der Waals surface area contributed by atoms with Gasteiger partial charge in [0, 0.05) is 12.4 Å². The Morgan fingerprint density at radius 1 is 1.28 bits per heavy atom. The van der Waals surface area contributed by atoms with Gasteiger partial charge in [0.15, 0.2) is 0 Å². The Kier molecular flexibility index (Phi) is 2.57. The van der Waals surface area contributed by atoms with E-state index in [4.69, 9.17) is 16.7 Å². The molecule has 0 aliphatic heterocycles. The topological polar surface area (TPSA) is 54.6 Å². The largest absolute Gasteiger partial charge is 0.478 e. The standard InChI is InChI=1S/C12H7ClN2O2S/c13-10-3-2-9(18-10)8-6-15-5-7(12(16)17)1-4-11(15)14-8/h1-6H,(H,16,17). The molecule has 0 aliphatic carbocycles. The maximum absolute atomic E-state index is 10.9. The molecule has 3 heterocycles. The monoisotopic (exact) mass is 278 g/mol. The molecule has 0 atom stereocenters. The van der Waals surface area contributed by atoms with Crippen molar-refractivity contribution in [3.05, 3.63) is 46.6 Å². The normalized spacial score (nSPS) is 10.9. The Labute approximate surface area is 111 Å². The number of aromatic carboxylic acids is 1. The fourth-order valence-electron chi connectivity index (χ4n) is 1.69. The average Bonchev–Trinajstić information content (AvgIpc) is 2.93. The first-order valence-corrected chi connectivity index (χ1v) is 6.31. The van der Waals surface area contributed by atoms with Crippen LogP contribution in [-0.2, 0) is 0 Å². The van der Waals surface area contributed by atoms with Gasteiger partial charge in [0.2, 0.25) is 0 Å². The predicted molar refractivity (Wildman–Crippen MR) is 70.5 cm³/mol. The van der Waals surface area contributed by atoms with Crippen LogP contribution in [0, 0.1) is 0 Å². The summed E-state index contributed by atoms with van der Waals surface area (Å²) in [7, 11) is 0. The van der Waals surface area contributed by atoms with Crippen LogP contribution in [-0.4, -0.2) is 20.5 Å². The van der Waals surface area contributed by atoms with Gasteiger partial charge in [-0.05, 0) is 24.3 Å². The zero-order valence-electron chi connectivity index (χ0n) is 9.00. The summed E-state index contributed by atoms with van der Waals surface area (Å²) >= 11 is 7.32. The summed E-state index contributed by atoms with van der Waals surface area (Å²) in [5.74, 6) is -0.952. The number of aromatic nitrogens is 2. The van der Waals surface area contributed by atoms with E-state index in [1.165, 1.54) is 17.4 Å². The number of imidazole rings is 1. The first-order chi connectivity index (χ1) is 8.63. The number of hydrogen-bond acceptors (Lipinski definition) is 3. The second-order valence-corrected chi connectivity index (χ2v) is 5.43. The molecule has 0 bridgehead atoms. The van der Waals surface area contributed by atoms with Crippen molar-refractivity contribution in [1.82, 2.24) is 9.38 Å². The molecular formula is C12H7ClN2O2S. The van der Waals surface area contributed by atoms with Crippen LogP contribution in [0.5, 0.6) is 0 Å². The molecule has 3 rings (SSSR count). The Hall–Kier alpha value is -1.85. The van der Waals surface area contributed by atoms with E-state index in [1.54, 1.807) is 22.9 Å². The zero-order chi connectivity index (χ0) is 12.7. The second kappa shape index (κ2) is 4.12. The molecule has 0 unspecified atom stereocenters. The highest BCUT2D eigenvalue weighted by Gasteiger charge is 2.09. The number of fused-ring (bicyclic) bond motifs is 1. The van der Waals surface area contributed by atoms with Crippen LogP contribution in [0.4, 0.5) is 0 Å². The zero-order valence-corrected chi connectivity index (χ0v) is 10.6. The maximum Gasteiger partial charge on any atom is 0.337 e. The van der Waals surface area contributed by atoms with Crippen molar-refractivity contribution in [1.29, 1.82) is 0 Å². The van der Waals surface area contributed by atoms with Crippen molar-refractivity contribution < 1.29 is 9.90 Å². The van der Waals surface area contributed by atoms with E-state index in [0.29, 0.717) is 9.98 Å². The number of halogens is 1. The highest BCUT2D eigenvalue weighted by atomic mass is 35.5. The van der Waals surface area contributed by atoms with Gasteiger partial charge in [-0.1, -0.05) is 11.6 Å². The summed E-state index contributed by atoms with van der Waals surface area (Å²) < 4.78 is 2.40. The summed E-state index contributed by atoms with van der Waals surface area (Å²) in [4.78, 5) is 16.3. The summed E-state index contributed by atoms with van der Waals surface area (Å²) in [6.45, 7) is 0. The predicted octanol–water partition coefficient (Wildman–Crippen LogP) is 3.41. The lowest BCUT2D eigenvalue weighted by atomic mass is 10.3. The number of thiophene rings is 1. The van der Waals surface area contributed by atoms with E-state index in [1.807, 2.05) is 12.1 Å². The molecule has 0 spiro atoms. The highest BCUT2D eigenvalue weighted by Crippen LogP contribution is 2.30. The lowest BCUT2D eigenvalue weighted by molar-refractivity contribution is 0.0696. The SMILES string of the molecule is O=C(O)c1ccc2nc(-c3ccc(Cl)s3)cn2c1. The van der Waals surface area contributed by atoms with Crippen molar-refractivity contribution >= 4 is 34.6 Å². The number of nitrogens with zero attached hydrogens (tertiary/aromatic N) is 2. The van der Waals surface area contributed by atoms with Gasteiger partial charge < -0.3 is 9.51 Å². The molecule has 18 heavy (non-hydrogen) atoms. The summed E-state index contributed by atoms with van der Waals surface area (Å²) in [5, 5.41) is 8.92. The summed E-state index contributed by atoms with van der Waals surface area (Å²) in [5.41, 5.74) is 1.73. The third-order valence-electron chi connectivity index (χ3n) is 2.52. The molecule has 3 aromatic heterocycles. The molecule has 3 aromatic rings. The fourth-order valence-corrected chi connectivity index (χ4v) is 2.69. The van der Waals surface area contributed by atoms with Crippen molar-refractivity contribution in [2.45, 2.75) is 0 Å². The van der Waals surface area contributed by atoms with Gasteiger partial charge in [-0.25, -0.2) is 9.78 Å². The Balaban J connectivity index is 2.13. The molecule has 0 fully saturated rings. The van der Waals surface area contributed by atoms with Crippen molar-refractivity contribution in [2.75, 3.05) is 0 Å². The van der Waals surface area contributed by atoms with Gasteiger partial charge in [-0.3, -0.25) is 0 Å². The molecule has 90 valence electrons. The molecule has 6 heteroatoms. The minimum Gasteiger partial charge on any atom is -0.478 e. The maximum atomic E-state index is 10.9. The van der Waals surface area contributed by atoms with Gasteiger partial charge in [0.05, 0.1) is 20.5 Å². The third kappa shape index (κ3) is 1.87. The van der Waals surface area contributed by atoms with Crippen LogP contribution in [0.1, 0.15) is 10.4 Å². The van der Waals surface area contributed by atoms with Crippen LogP contribution in [0.15, 0.2) is 36.7 Å². The first kappa shape index (κ1) is 11.3. The number of carboxylic acids is 1. The fraction of sp³-hybridized carbons (Fsp3) is 0. The number of carboxylic acid groups (broad SMARTS) is 1. The lowest BCUT2D eigenvalue weighted by Crippen LogP contribution is -1.97. The molecule has 4 nitrogen and oxygen atoms in total. The van der Waals surface area contributed by atoms with Crippen LogP contribution in [0.3, 0.4) is 0 Å². The van der Waals surface area contributed by atoms with E-state index < -0.39 is 5.97 Å². The number of hydrogen-bond donors (Lipinski definition) is 1. The smallest absolute Gasteiger partial charge is 0.337 e. The minimum atomic E-state index is -0.952. The molecule has 0 aliphatic rings. The van der Waals surface area contributed by atoms with E-state index in [-0.39, 0.29) is 5.56 Å². The first-order valence-electron chi connectivity index (χ1n) is 5.11. The van der Waals surface area contributed by atoms with Crippen LogP contribution < -0.4 is 0 Å². The molecule has 0 saturated carbocycles. The van der Waals surface area contributed by atoms with Crippen LogP contribution in [0.25, 0.3) is 16.2 Å². The highest BCUT2D eigenvalue weighted by molar-refractivity contribution is 7.19. The van der Waals surface area contributed by atoms with Crippen molar-refractivity contribution in [2.24, 2.45) is 0 Å². The number of pyridine rings is 1. The molecule has 0 amide bonds. The summed E-state index contributed by atoms with van der Waals surface area (Å²) in [6.07, 6.45) is 3.34. The van der Waals surface area contributed by atoms with Gasteiger partial charge in [0.1, 0.15) is 5.65 Å². The van der Waals surface area contributed by atoms with Gasteiger partial charge in [-0.2, -0.15) is 0 Å². The van der Waals surface area contributed by atoms with E-state index in [2.05, 4.69) is 4.98 Å². The van der Waals surface area contributed by atoms with Gasteiger partial charge in [0.25, 0.3) is 0 Å². The Bertz CT molecular complexity index is 747. The minimum absolute atomic E-state index is 0.232. The van der Waals surface area contributed by atoms with Gasteiger partial charge in [-0.15, -0.1) is 11.3 Å². The Morgan fingerprint density at radius 2 is 2.11 bits per heavy atom. The quantitative estimate of drug-likeness (QED) is 0.781. The van der Waals surface area contributed by atoms with Crippen LogP contribution >= 0.6 is 22.9 Å². The number of carbonyl (C=O) groups is 1. The average molecular weight is 279 g/mol. The summed E-state index contributed by atoms with van der Waals surface area (Å²) in [6, 6.07) is 6.93. The van der Waals surface area contributed by atoms with Crippen molar-refractivity contribution in [3.63, 3.8) is 0 Å². The molecule has 0 saturated heterocycles. The van der Waals surface area contributed by atoms with E-state index in [9.17, 15) is 4.79 Å². The van der Waals surface area contributed by atoms with E-state index in [0.717, 1.165) is 10.6 Å². The molecular weight excluding hydrogens is 272 g/mol. The third-order valence-corrected chi connectivity index (χ3v) is 3.78. The van der Waals surface area contributed by atoms with E-state index >= 15 is 0 Å². The molecule has 0 aromatic carbocycles. The molecule has 1 N–H and O–H groups in total.